The van der Waals surface area contributed by atoms with Crippen LogP contribution in [0.5, 0.6) is 0 Å². The Kier molecular flexibility index (Phi) is 3.63. The molecule has 2 heterocycles. The smallest absolute Gasteiger partial charge is 0.242 e. The van der Waals surface area contributed by atoms with E-state index < -0.39 is 6.04 Å². The summed E-state index contributed by atoms with van der Waals surface area (Å²) >= 11 is 0. The molecule has 1 aliphatic rings. The SMILES string of the molecule is CC1(C)CNC(CO)C(=O)N1Cc1ccncc1. The van der Waals surface area contributed by atoms with Crippen LogP contribution >= 0.6 is 0 Å². The van der Waals surface area contributed by atoms with Crippen LogP contribution in [0.4, 0.5) is 0 Å². The maximum atomic E-state index is 12.3. The topological polar surface area (TPSA) is 65.5 Å². The Morgan fingerprint density at radius 3 is 2.78 bits per heavy atom. The largest absolute Gasteiger partial charge is 0.394 e. The number of nitrogens with one attached hydrogen (secondary N) is 1. The molecule has 1 amide bonds. The normalized spacial score (nSPS) is 23.2. The van der Waals surface area contributed by atoms with Gasteiger partial charge in [0, 0.05) is 25.5 Å². The highest BCUT2D eigenvalue weighted by atomic mass is 16.3. The lowest BCUT2D eigenvalue weighted by Crippen LogP contribution is -2.65. The molecule has 18 heavy (non-hydrogen) atoms. The number of pyridine rings is 1. The Morgan fingerprint density at radius 1 is 1.50 bits per heavy atom. The van der Waals surface area contributed by atoms with E-state index in [1.165, 1.54) is 0 Å². The third kappa shape index (κ3) is 2.52. The second kappa shape index (κ2) is 5.04. The molecule has 0 saturated carbocycles. The van der Waals surface area contributed by atoms with Gasteiger partial charge in [0.15, 0.2) is 0 Å². The highest BCUT2D eigenvalue weighted by Gasteiger charge is 2.39. The lowest BCUT2D eigenvalue weighted by molar-refractivity contribution is -0.145. The summed E-state index contributed by atoms with van der Waals surface area (Å²) in [6.07, 6.45) is 3.44. The van der Waals surface area contributed by atoms with E-state index >= 15 is 0 Å². The number of hydrogen-bond donors (Lipinski definition) is 2. The maximum absolute atomic E-state index is 12.3. The van der Waals surface area contributed by atoms with Gasteiger partial charge in [-0.15, -0.1) is 0 Å². The Labute approximate surface area is 107 Å². The molecule has 0 bridgehead atoms. The number of piperazine rings is 1. The van der Waals surface area contributed by atoms with Crippen molar-refractivity contribution in [1.82, 2.24) is 15.2 Å². The van der Waals surface area contributed by atoms with E-state index in [0.717, 1.165) is 5.56 Å². The number of aromatic nitrogens is 1. The second-order valence-electron chi connectivity index (χ2n) is 5.21. The zero-order chi connectivity index (χ0) is 13.2. The Hall–Kier alpha value is -1.46. The van der Waals surface area contributed by atoms with Crippen molar-refractivity contribution in [2.75, 3.05) is 13.2 Å². The lowest BCUT2D eigenvalue weighted by Gasteiger charge is -2.45. The molecular formula is C13H19N3O2. The zero-order valence-corrected chi connectivity index (χ0v) is 10.8. The van der Waals surface area contributed by atoms with Crippen LogP contribution in [0.3, 0.4) is 0 Å². The van der Waals surface area contributed by atoms with Gasteiger partial charge in [0.05, 0.1) is 12.1 Å². The molecule has 0 aliphatic carbocycles. The third-order valence-electron chi connectivity index (χ3n) is 3.35. The minimum Gasteiger partial charge on any atom is -0.394 e. The van der Waals surface area contributed by atoms with E-state index in [-0.39, 0.29) is 18.1 Å². The van der Waals surface area contributed by atoms with E-state index in [9.17, 15) is 9.90 Å². The molecule has 1 unspecified atom stereocenters. The van der Waals surface area contributed by atoms with Crippen LogP contribution in [0.15, 0.2) is 24.5 Å². The van der Waals surface area contributed by atoms with Crippen LogP contribution in [-0.2, 0) is 11.3 Å². The molecular weight excluding hydrogens is 230 g/mol. The molecule has 1 saturated heterocycles. The Bertz CT molecular complexity index is 420. The average Bonchev–Trinajstić information content (AvgIpc) is 2.36. The van der Waals surface area contributed by atoms with Gasteiger partial charge in [0.1, 0.15) is 6.04 Å². The van der Waals surface area contributed by atoms with E-state index in [0.29, 0.717) is 13.1 Å². The first kappa shape index (κ1) is 13.0. The molecule has 1 aromatic heterocycles. The highest BCUT2D eigenvalue weighted by molar-refractivity contribution is 5.83. The van der Waals surface area contributed by atoms with Crippen LogP contribution in [0.25, 0.3) is 0 Å². The molecule has 2 N–H and O–H groups in total. The fourth-order valence-corrected chi connectivity index (χ4v) is 2.15. The van der Waals surface area contributed by atoms with Crippen LogP contribution < -0.4 is 5.32 Å². The summed E-state index contributed by atoms with van der Waals surface area (Å²) in [6.45, 7) is 5.10. The summed E-state index contributed by atoms with van der Waals surface area (Å²) < 4.78 is 0. The predicted octanol–water partition coefficient (Wildman–Crippen LogP) is 0.153. The summed E-state index contributed by atoms with van der Waals surface area (Å²) in [7, 11) is 0. The number of hydrogen-bond acceptors (Lipinski definition) is 4. The number of aliphatic hydroxyl groups is 1. The van der Waals surface area contributed by atoms with Gasteiger partial charge >= 0.3 is 0 Å². The van der Waals surface area contributed by atoms with Crippen molar-refractivity contribution in [2.45, 2.75) is 32.0 Å². The molecule has 1 fully saturated rings. The molecule has 2 rings (SSSR count). The molecule has 0 aromatic carbocycles. The Balaban J connectivity index is 2.19. The van der Waals surface area contributed by atoms with Gasteiger partial charge in [0.25, 0.3) is 0 Å². The minimum absolute atomic E-state index is 0.0504. The van der Waals surface area contributed by atoms with Crippen molar-refractivity contribution in [3.8, 4) is 0 Å². The zero-order valence-electron chi connectivity index (χ0n) is 10.8. The first-order valence-corrected chi connectivity index (χ1v) is 6.09. The predicted molar refractivity (Wildman–Crippen MR) is 67.7 cm³/mol. The highest BCUT2D eigenvalue weighted by Crippen LogP contribution is 2.22. The number of aliphatic hydroxyl groups excluding tert-OH is 1. The van der Waals surface area contributed by atoms with Gasteiger partial charge in [-0.05, 0) is 31.5 Å². The van der Waals surface area contributed by atoms with Crippen LogP contribution in [0.2, 0.25) is 0 Å². The van der Waals surface area contributed by atoms with Gasteiger partial charge < -0.3 is 15.3 Å². The molecule has 1 aromatic rings. The van der Waals surface area contributed by atoms with E-state index in [1.54, 1.807) is 12.4 Å². The first-order chi connectivity index (χ1) is 8.54. The van der Waals surface area contributed by atoms with E-state index in [2.05, 4.69) is 10.3 Å². The van der Waals surface area contributed by atoms with E-state index in [4.69, 9.17) is 0 Å². The van der Waals surface area contributed by atoms with Crippen molar-refractivity contribution in [2.24, 2.45) is 0 Å². The number of nitrogens with zero attached hydrogens (tertiary/aromatic N) is 2. The lowest BCUT2D eigenvalue weighted by atomic mass is 9.96. The summed E-state index contributed by atoms with van der Waals surface area (Å²) in [5.41, 5.74) is 0.788. The first-order valence-electron chi connectivity index (χ1n) is 6.09. The minimum atomic E-state index is -0.486. The van der Waals surface area contributed by atoms with Gasteiger partial charge in [-0.1, -0.05) is 0 Å². The van der Waals surface area contributed by atoms with Crippen molar-refractivity contribution in [3.05, 3.63) is 30.1 Å². The van der Waals surface area contributed by atoms with E-state index in [1.807, 2.05) is 30.9 Å². The summed E-state index contributed by atoms with van der Waals surface area (Å²) in [5, 5.41) is 12.3. The van der Waals surface area contributed by atoms with Crippen molar-refractivity contribution in [1.29, 1.82) is 0 Å². The quantitative estimate of drug-likeness (QED) is 0.800. The third-order valence-corrected chi connectivity index (χ3v) is 3.35. The second-order valence-corrected chi connectivity index (χ2v) is 5.21. The monoisotopic (exact) mass is 249 g/mol. The molecule has 0 spiro atoms. The maximum Gasteiger partial charge on any atom is 0.242 e. The van der Waals surface area contributed by atoms with Crippen molar-refractivity contribution < 1.29 is 9.90 Å². The molecule has 1 aliphatic heterocycles. The van der Waals surface area contributed by atoms with Crippen molar-refractivity contribution >= 4 is 5.91 Å². The van der Waals surface area contributed by atoms with Gasteiger partial charge in [-0.3, -0.25) is 9.78 Å². The fraction of sp³-hybridized carbons (Fsp3) is 0.538. The Morgan fingerprint density at radius 2 is 2.17 bits per heavy atom. The van der Waals surface area contributed by atoms with Crippen LogP contribution in [0, 0.1) is 0 Å². The van der Waals surface area contributed by atoms with Crippen LogP contribution in [0.1, 0.15) is 19.4 Å². The van der Waals surface area contributed by atoms with Crippen molar-refractivity contribution in [3.63, 3.8) is 0 Å². The fourth-order valence-electron chi connectivity index (χ4n) is 2.15. The number of amides is 1. The van der Waals surface area contributed by atoms with Gasteiger partial charge in [-0.25, -0.2) is 0 Å². The van der Waals surface area contributed by atoms with Gasteiger partial charge in [0.2, 0.25) is 5.91 Å². The molecule has 5 nitrogen and oxygen atoms in total. The molecule has 98 valence electrons. The molecule has 1 atom stereocenters. The standard InChI is InChI=1S/C13H19N3O2/c1-13(2)9-15-11(8-17)12(18)16(13)7-10-3-5-14-6-4-10/h3-6,11,15,17H,7-9H2,1-2H3. The number of carbonyl (C=O) groups excluding carboxylic acids is 1. The average molecular weight is 249 g/mol. The van der Waals surface area contributed by atoms with Gasteiger partial charge in [-0.2, -0.15) is 0 Å². The number of carbonyl (C=O) groups is 1. The summed E-state index contributed by atoms with van der Waals surface area (Å²) in [6, 6.07) is 3.32. The molecule has 5 heteroatoms. The molecule has 0 radical (unpaired) electrons. The summed E-state index contributed by atoms with van der Waals surface area (Å²) in [4.78, 5) is 18.1. The number of rotatable bonds is 3. The summed E-state index contributed by atoms with van der Waals surface area (Å²) in [5.74, 6) is -0.0504. The van der Waals surface area contributed by atoms with Crippen LogP contribution in [-0.4, -0.2) is 45.6 Å².